The van der Waals surface area contributed by atoms with Gasteiger partial charge in [0.25, 0.3) is 0 Å². The molecule has 6 nitrogen and oxygen atoms in total. The lowest BCUT2D eigenvalue weighted by molar-refractivity contribution is 0.0661. The van der Waals surface area contributed by atoms with Crippen molar-refractivity contribution in [2.45, 2.75) is 25.9 Å². The molecule has 6 heteroatoms. The lowest BCUT2D eigenvalue weighted by Gasteiger charge is -2.36. The molecule has 0 saturated carbocycles. The van der Waals surface area contributed by atoms with E-state index in [0.29, 0.717) is 6.61 Å². The molecule has 2 heterocycles. The average Bonchev–Trinajstić information content (AvgIpc) is 2.60. The first-order valence-corrected chi connectivity index (χ1v) is 8.05. The maximum absolute atomic E-state index is 10.7. The van der Waals surface area contributed by atoms with Gasteiger partial charge in [-0.25, -0.2) is 0 Å². The highest BCUT2D eigenvalue weighted by Crippen LogP contribution is 2.35. The zero-order valence-electron chi connectivity index (χ0n) is 13.9. The Hall–Kier alpha value is -2.08. The predicted octanol–water partition coefficient (Wildman–Crippen LogP) is 1.73. The second-order valence-electron chi connectivity index (χ2n) is 5.59. The largest absolute Gasteiger partial charge is 0.493 e. The molecule has 0 bridgehead atoms. The van der Waals surface area contributed by atoms with E-state index in [0.717, 1.165) is 42.9 Å². The zero-order chi connectivity index (χ0) is 16.7. The third-order valence-electron chi connectivity index (χ3n) is 4.21. The van der Waals surface area contributed by atoms with Crippen molar-refractivity contribution in [1.29, 1.82) is 0 Å². The summed E-state index contributed by atoms with van der Waals surface area (Å²) < 4.78 is 5.60. The van der Waals surface area contributed by atoms with Gasteiger partial charge in [0.15, 0.2) is 0 Å². The lowest BCUT2D eigenvalue weighted by atomic mass is 9.87. The number of aliphatic imine (C=N–C) groups is 1. The van der Waals surface area contributed by atoms with Gasteiger partial charge in [0.1, 0.15) is 5.75 Å². The van der Waals surface area contributed by atoms with E-state index >= 15 is 0 Å². The predicted molar refractivity (Wildman–Crippen MR) is 91.3 cm³/mol. The molecule has 3 N–H and O–H groups in total. The van der Waals surface area contributed by atoms with Gasteiger partial charge in [0, 0.05) is 50.5 Å². The molecule has 1 unspecified atom stereocenters. The molecule has 126 valence electrons. The molecule has 23 heavy (non-hydrogen) atoms. The van der Waals surface area contributed by atoms with Crippen LogP contribution >= 0.6 is 0 Å². The van der Waals surface area contributed by atoms with Crippen molar-refractivity contribution in [1.82, 2.24) is 9.88 Å². The molecule has 0 amide bonds. The molecule has 1 aromatic heterocycles. The standard InChI is InChI=1S/C17H26N4O2/c1-3-23-16-4-7-20-12-15(16)17(22)13-5-8-21(9-6-13)14(10-18)11-19-2/h4,7,10-13,17,22H,3,5-6,8-9,18H2,1-2H3. The molecular formula is C17H26N4O2. The van der Waals surface area contributed by atoms with Crippen molar-refractivity contribution >= 4 is 6.21 Å². The van der Waals surface area contributed by atoms with Crippen LogP contribution < -0.4 is 10.5 Å². The summed E-state index contributed by atoms with van der Waals surface area (Å²) in [5, 5.41) is 10.7. The SMILES string of the molecule is CCOc1ccncc1C(O)C1CCN(C(C=NC)=CN)CC1. The molecule has 1 aliphatic heterocycles. The average molecular weight is 318 g/mol. The second-order valence-corrected chi connectivity index (χ2v) is 5.59. The van der Waals surface area contributed by atoms with Gasteiger partial charge in [0.2, 0.25) is 0 Å². The van der Waals surface area contributed by atoms with Gasteiger partial charge in [-0.15, -0.1) is 0 Å². The van der Waals surface area contributed by atoms with Crippen molar-refractivity contribution < 1.29 is 9.84 Å². The highest BCUT2D eigenvalue weighted by molar-refractivity contribution is 5.77. The van der Waals surface area contributed by atoms with Crippen LogP contribution in [0.4, 0.5) is 0 Å². The zero-order valence-corrected chi connectivity index (χ0v) is 13.9. The highest BCUT2D eigenvalue weighted by Gasteiger charge is 2.28. The number of hydrogen-bond acceptors (Lipinski definition) is 6. The van der Waals surface area contributed by atoms with Crippen molar-refractivity contribution in [3.8, 4) is 5.75 Å². The number of aliphatic hydroxyl groups is 1. The number of aliphatic hydroxyl groups excluding tert-OH is 1. The number of nitrogens with two attached hydrogens (primary N) is 1. The minimum Gasteiger partial charge on any atom is -0.493 e. The Morgan fingerprint density at radius 1 is 1.57 bits per heavy atom. The Labute approximate surface area is 137 Å². The third-order valence-corrected chi connectivity index (χ3v) is 4.21. The molecule has 0 aromatic carbocycles. The van der Waals surface area contributed by atoms with Crippen LogP contribution in [0.25, 0.3) is 0 Å². The number of hydrogen-bond donors (Lipinski definition) is 2. The van der Waals surface area contributed by atoms with Gasteiger partial charge in [-0.3, -0.25) is 9.98 Å². The van der Waals surface area contributed by atoms with E-state index in [4.69, 9.17) is 10.5 Å². The summed E-state index contributed by atoms with van der Waals surface area (Å²) in [5.74, 6) is 0.908. The van der Waals surface area contributed by atoms with Crippen LogP contribution in [0.2, 0.25) is 0 Å². The Morgan fingerprint density at radius 3 is 2.91 bits per heavy atom. The fourth-order valence-corrected chi connectivity index (χ4v) is 2.99. The smallest absolute Gasteiger partial charge is 0.128 e. The van der Waals surface area contributed by atoms with Crippen molar-refractivity contribution in [2.75, 3.05) is 26.7 Å². The second kappa shape index (κ2) is 8.53. The molecule has 0 spiro atoms. The first kappa shape index (κ1) is 17.3. The monoisotopic (exact) mass is 318 g/mol. The van der Waals surface area contributed by atoms with Gasteiger partial charge in [0.05, 0.1) is 18.4 Å². The summed E-state index contributed by atoms with van der Waals surface area (Å²) in [5.41, 5.74) is 7.36. The molecule has 1 saturated heterocycles. The van der Waals surface area contributed by atoms with E-state index in [1.807, 2.05) is 13.0 Å². The van der Waals surface area contributed by atoms with Gasteiger partial charge in [-0.05, 0) is 31.7 Å². The van der Waals surface area contributed by atoms with Crippen molar-refractivity contribution in [3.05, 3.63) is 35.9 Å². The summed E-state index contributed by atoms with van der Waals surface area (Å²) in [7, 11) is 1.73. The van der Waals surface area contributed by atoms with Crippen molar-refractivity contribution in [3.63, 3.8) is 0 Å². The number of allylic oxidation sites excluding steroid dienone is 1. The minimum absolute atomic E-state index is 0.187. The number of likely N-dealkylation sites (tertiary alicyclic amines) is 1. The van der Waals surface area contributed by atoms with Crippen LogP contribution in [0, 0.1) is 5.92 Å². The maximum Gasteiger partial charge on any atom is 0.128 e. The summed E-state index contributed by atoms with van der Waals surface area (Å²) in [6.07, 6.45) is 7.96. The molecule has 1 aliphatic rings. The number of rotatable bonds is 6. The highest BCUT2D eigenvalue weighted by atomic mass is 16.5. The van der Waals surface area contributed by atoms with Crippen LogP contribution in [0.1, 0.15) is 31.4 Å². The van der Waals surface area contributed by atoms with Crippen LogP contribution in [-0.2, 0) is 0 Å². The van der Waals surface area contributed by atoms with Gasteiger partial charge >= 0.3 is 0 Å². The quantitative estimate of drug-likeness (QED) is 0.780. The molecule has 1 aromatic rings. The Kier molecular flexibility index (Phi) is 6.40. The number of pyridine rings is 1. The Bertz CT molecular complexity index is 551. The van der Waals surface area contributed by atoms with E-state index in [9.17, 15) is 5.11 Å². The minimum atomic E-state index is -0.558. The van der Waals surface area contributed by atoms with E-state index < -0.39 is 6.10 Å². The lowest BCUT2D eigenvalue weighted by Crippen LogP contribution is -2.36. The molecule has 1 fully saturated rings. The first-order valence-electron chi connectivity index (χ1n) is 8.05. The van der Waals surface area contributed by atoms with Gasteiger partial charge in [-0.2, -0.15) is 0 Å². The topological polar surface area (TPSA) is 84.0 Å². The Morgan fingerprint density at radius 2 is 2.30 bits per heavy atom. The fraction of sp³-hybridized carbons (Fsp3) is 0.529. The molecule has 0 aliphatic carbocycles. The van der Waals surface area contributed by atoms with Gasteiger partial charge < -0.3 is 20.5 Å². The molecule has 0 radical (unpaired) electrons. The summed E-state index contributed by atoms with van der Waals surface area (Å²) in [4.78, 5) is 10.4. The third kappa shape index (κ3) is 4.22. The van der Waals surface area contributed by atoms with E-state index in [-0.39, 0.29) is 5.92 Å². The molecular weight excluding hydrogens is 292 g/mol. The molecule has 2 rings (SSSR count). The Balaban J connectivity index is 2.02. The van der Waals surface area contributed by atoms with Crippen LogP contribution in [0.15, 0.2) is 35.3 Å². The van der Waals surface area contributed by atoms with E-state index in [1.165, 1.54) is 0 Å². The normalized spacial score (nSPS) is 18.4. The first-order chi connectivity index (χ1) is 11.2. The molecule has 1 atom stereocenters. The number of piperidine rings is 1. The van der Waals surface area contributed by atoms with Crippen molar-refractivity contribution in [2.24, 2.45) is 16.6 Å². The van der Waals surface area contributed by atoms with Crippen LogP contribution in [0.5, 0.6) is 5.75 Å². The van der Waals surface area contributed by atoms with E-state index in [1.54, 1.807) is 31.9 Å². The fourth-order valence-electron chi connectivity index (χ4n) is 2.99. The van der Waals surface area contributed by atoms with E-state index in [2.05, 4.69) is 14.9 Å². The van der Waals surface area contributed by atoms with Crippen LogP contribution in [0.3, 0.4) is 0 Å². The maximum atomic E-state index is 10.7. The number of aromatic nitrogens is 1. The summed E-state index contributed by atoms with van der Waals surface area (Å²) in [6, 6.07) is 1.81. The number of ether oxygens (including phenoxy) is 1. The summed E-state index contributed by atoms with van der Waals surface area (Å²) >= 11 is 0. The van der Waals surface area contributed by atoms with Crippen LogP contribution in [-0.4, -0.2) is 47.9 Å². The number of nitrogens with zero attached hydrogens (tertiary/aromatic N) is 3. The summed E-state index contributed by atoms with van der Waals surface area (Å²) in [6.45, 7) is 4.20. The van der Waals surface area contributed by atoms with Gasteiger partial charge in [-0.1, -0.05) is 0 Å².